The summed E-state index contributed by atoms with van der Waals surface area (Å²) in [4.78, 5) is 14.4. The minimum atomic E-state index is -0.122. The van der Waals surface area contributed by atoms with Gasteiger partial charge in [-0.15, -0.1) is 0 Å². The monoisotopic (exact) mass is 218 g/mol. The molecule has 0 spiro atoms. The Kier molecular flexibility index (Phi) is 2.66. The first-order chi connectivity index (χ1) is 7.65. The molecule has 0 saturated carbocycles. The lowest BCUT2D eigenvalue weighted by Gasteiger charge is -2.07. The molecule has 0 aliphatic rings. The first kappa shape index (κ1) is 10.7. The van der Waals surface area contributed by atoms with Gasteiger partial charge in [0.1, 0.15) is 5.75 Å². The number of aryl methyl sites for hydroxylation is 1. The fourth-order valence-corrected chi connectivity index (χ4v) is 1.78. The fraction of sp³-hybridized carbons (Fsp3) is 0.250. The van der Waals surface area contributed by atoms with E-state index in [9.17, 15) is 4.79 Å². The Morgan fingerprint density at radius 3 is 2.75 bits per heavy atom. The van der Waals surface area contributed by atoms with Gasteiger partial charge < -0.3 is 15.5 Å². The highest BCUT2D eigenvalue weighted by Crippen LogP contribution is 2.22. The molecule has 0 fully saturated rings. The average molecular weight is 218 g/mol. The van der Waals surface area contributed by atoms with Crippen molar-refractivity contribution in [2.75, 3.05) is 7.11 Å². The van der Waals surface area contributed by atoms with Crippen LogP contribution in [0.3, 0.4) is 0 Å². The number of hydrogen-bond acceptors (Lipinski definition) is 3. The number of ether oxygens (including phenoxy) is 1. The second-order valence-corrected chi connectivity index (χ2v) is 3.74. The van der Waals surface area contributed by atoms with Crippen molar-refractivity contribution in [2.24, 2.45) is 5.73 Å². The van der Waals surface area contributed by atoms with Crippen molar-refractivity contribution in [1.29, 1.82) is 0 Å². The van der Waals surface area contributed by atoms with Crippen LogP contribution in [0, 0.1) is 6.92 Å². The lowest BCUT2D eigenvalue weighted by atomic mass is 10.1. The Morgan fingerprint density at radius 2 is 2.12 bits per heavy atom. The van der Waals surface area contributed by atoms with Gasteiger partial charge in [0, 0.05) is 17.5 Å². The van der Waals surface area contributed by atoms with Gasteiger partial charge in [-0.3, -0.25) is 4.79 Å². The zero-order valence-electron chi connectivity index (χ0n) is 9.33. The van der Waals surface area contributed by atoms with Crippen LogP contribution in [0.15, 0.2) is 23.0 Å². The Labute approximate surface area is 93.0 Å². The van der Waals surface area contributed by atoms with Crippen LogP contribution in [0.2, 0.25) is 0 Å². The molecule has 0 amide bonds. The third-order valence-electron chi connectivity index (χ3n) is 2.66. The predicted octanol–water partition coefficient (Wildman–Crippen LogP) is 1.30. The summed E-state index contributed by atoms with van der Waals surface area (Å²) in [5.41, 5.74) is 7.78. The quantitative estimate of drug-likeness (QED) is 0.798. The molecule has 1 aromatic carbocycles. The van der Waals surface area contributed by atoms with Gasteiger partial charge in [-0.25, -0.2) is 0 Å². The summed E-state index contributed by atoms with van der Waals surface area (Å²) in [5, 5.41) is 0.942. The molecule has 0 unspecified atom stereocenters. The maximum Gasteiger partial charge on any atom is 0.252 e. The molecule has 0 aliphatic carbocycles. The summed E-state index contributed by atoms with van der Waals surface area (Å²) in [6.07, 6.45) is 0. The van der Waals surface area contributed by atoms with Crippen molar-refractivity contribution in [1.82, 2.24) is 4.98 Å². The minimum Gasteiger partial charge on any atom is -0.497 e. The summed E-state index contributed by atoms with van der Waals surface area (Å²) in [6, 6.07) is 5.58. The Hall–Kier alpha value is -1.81. The summed E-state index contributed by atoms with van der Waals surface area (Å²) in [7, 11) is 1.62. The second kappa shape index (κ2) is 3.98. The molecule has 0 aliphatic heterocycles. The Bertz CT molecular complexity index is 587. The summed E-state index contributed by atoms with van der Waals surface area (Å²) in [5.74, 6) is 0.778. The highest BCUT2D eigenvalue weighted by atomic mass is 16.5. The third kappa shape index (κ3) is 1.67. The number of pyridine rings is 1. The van der Waals surface area contributed by atoms with Crippen molar-refractivity contribution >= 4 is 10.9 Å². The number of benzene rings is 1. The number of fused-ring (bicyclic) bond motifs is 1. The van der Waals surface area contributed by atoms with Crippen LogP contribution in [-0.2, 0) is 6.54 Å². The van der Waals surface area contributed by atoms with Gasteiger partial charge in [0.05, 0.1) is 12.6 Å². The van der Waals surface area contributed by atoms with Crippen LogP contribution in [0.4, 0.5) is 0 Å². The van der Waals surface area contributed by atoms with E-state index in [1.807, 2.05) is 25.1 Å². The van der Waals surface area contributed by atoms with Crippen LogP contribution in [-0.4, -0.2) is 12.1 Å². The van der Waals surface area contributed by atoms with E-state index in [4.69, 9.17) is 10.5 Å². The molecule has 2 aromatic rings. The van der Waals surface area contributed by atoms with Crippen molar-refractivity contribution in [3.8, 4) is 5.75 Å². The van der Waals surface area contributed by atoms with Crippen molar-refractivity contribution in [2.45, 2.75) is 13.5 Å². The molecule has 0 bridgehead atoms. The van der Waals surface area contributed by atoms with E-state index in [1.165, 1.54) is 0 Å². The van der Waals surface area contributed by atoms with Crippen molar-refractivity contribution in [3.63, 3.8) is 0 Å². The molecule has 3 N–H and O–H groups in total. The smallest absolute Gasteiger partial charge is 0.252 e. The normalized spacial score (nSPS) is 10.7. The minimum absolute atomic E-state index is 0.122. The molecular formula is C12H14N2O2. The molecule has 4 heteroatoms. The molecule has 2 rings (SSSR count). The number of nitrogens with two attached hydrogens (primary N) is 1. The van der Waals surface area contributed by atoms with Gasteiger partial charge in [-0.1, -0.05) is 0 Å². The summed E-state index contributed by atoms with van der Waals surface area (Å²) < 4.78 is 5.18. The third-order valence-corrected chi connectivity index (χ3v) is 2.66. The van der Waals surface area contributed by atoms with Crippen LogP contribution >= 0.6 is 0 Å². The number of aromatic nitrogens is 1. The maximum atomic E-state index is 11.6. The van der Waals surface area contributed by atoms with Crippen LogP contribution < -0.4 is 16.0 Å². The van der Waals surface area contributed by atoms with Crippen molar-refractivity contribution in [3.05, 3.63) is 39.7 Å². The average Bonchev–Trinajstić information content (AvgIpc) is 2.29. The Morgan fingerprint density at radius 1 is 1.38 bits per heavy atom. The van der Waals surface area contributed by atoms with E-state index in [0.717, 1.165) is 22.2 Å². The number of rotatable bonds is 2. The van der Waals surface area contributed by atoms with E-state index in [-0.39, 0.29) is 12.1 Å². The number of hydrogen-bond donors (Lipinski definition) is 2. The van der Waals surface area contributed by atoms with E-state index >= 15 is 0 Å². The first-order valence-electron chi connectivity index (χ1n) is 5.06. The zero-order chi connectivity index (χ0) is 11.7. The van der Waals surface area contributed by atoms with Gasteiger partial charge >= 0.3 is 0 Å². The summed E-state index contributed by atoms with van der Waals surface area (Å²) >= 11 is 0. The van der Waals surface area contributed by atoms with E-state index in [0.29, 0.717) is 5.56 Å². The van der Waals surface area contributed by atoms with Crippen LogP contribution in [0.1, 0.15) is 11.1 Å². The predicted molar refractivity (Wildman–Crippen MR) is 63.7 cm³/mol. The summed E-state index contributed by atoms with van der Waals surface area (Å²) in [6.45, 7) is 2.17. The number of aromatic amines is 1. The lowest BCUT2D eigenvalue weighted by Crippen LogP contribution is -2.15. The fourth-order valence-electron chi connectivity index (χ4n) is 1.78. The molecule has 0 radical (unpaired) electrons. The van der Waals surface area contributed by atoms with Crippen LogP contribution in [0.25, 0.3) is 10.9 Å². The van der Waals surface area contributed by atoms with Gasteiger partial charge in [-0.2, -0.15) is 0 Å². The van der Waals surface area contributed by atoms with Crippen LogP contribution in [0.5, 0.6) is 5.75 Å². The van der Waals surface area contributed by atoms with E-state index < -0.39 is 0 Å². The molecule has 16 heavy (non-hydrogen) atoms. The molecule has 0 atom stereocenters. The van der Waals surface area contributed by atoms with E-state index in [1.54, 1.807) is 7.11 Å². The second-order valence-electron chi connectivity index (χ2n) is 3.74. The number of methoxy groups -OCH3 is 1. The topological polar surface area (TPSA) is 68.1 Å². The van der Waals surface area contributed by atoms with Gasteiger partial charge in [-0.05, 0) is 30.7 Å². The molecule has 0 saturated heterocycles. The molecular weight excluding hydrogens is 204 g/mol. The Balaban J connectivity index is 2.80. The molecule has 1 heterocycles. The maximum absolute atomic E-state index is 11.6. The highest BCUT2D eigenvalue weighted by Gasteiger charge is 2.05. The van der Waals surface area contributed by atoms with Gasteiger partial charge in [0.25, 0.3) is 5.56 Å². The first-order valence-corrected chi connectivity index (χ1v) is 5.06. The van der Waals surface area contributed by atoms with Gasteiger partial charge in [0.2, 0.25) is 0 Å². The van der Waals surface area contributed by atoms with Crippen molar-refractivity contribution < 1.29 is 4.74 Å². The molecule has 4 nitrogen and oxygen atoms in total. The standard InChI is InChI=1S/C12H14N2O2/c1-7-3-10(16-2)5-8-4-9(6-13)12(15)14-11(7)8/h3-5H,6,13H2,1-2H3,(H,14,15). The number of H-pyrrole nitrogens is 1. The van der Waals surface area contributed by atoms with Gasteiger partial charge in [0.15, 0.2) is 0 Å². The highest BCUT2D eigenvalue weighted by molar-refractivity contribution is 5.83. The molecule has 1 aromatic heterocycles. The lowest BCUT2D eigenvalue weighted by molar-refractivity contribution is 0.415. The van der Waals surface area contributed by atoms with E-state index in [2.05, 4.69) is 4.98 Å². The number of nitrogens with one attached hydrogen (secondary N) is 1. The SMILES string of the molecule is COc1cc(C)c2[nH]c(=O)c(CN)cc2c1. The zero-order valence-corrected chi connectivity index (χ0v) is 9.33. The largest absolute Gasteiger partial charge is 0.497 e. The molecule has 84 valence electrons.